The Bertz CT molecular complexity index is 275. The molecule has 0 aromatic carbocycles. The lowest BCUT2D eigenvalue weighted by molar-refractivity contribution is -0.203. The van der Waals surface area contributed by atoms with Crippen LogP contribution in [0.3, 0.4) is 0 Å². The van der Waals surface area contributed by atoms with Crippen LogP contribution in [0.5, 0.6) is 0 Å². The molecule has 0 bridgehead atoms. The number of hydrogen-bond donors (Lipinski definition) is 0. The molecule has 13 heavy (non-hydrogen) atoms. The summed E-state index contributed by atoms with van der Waals surface area (Å²) in [5.74, 6) is -1.19. The largest absolute Gasteiger partial charge is 0.391 e. The van der Waals surface area contributed by atoms with Crippen molar-refractivity contribution in [3.05, 3.63) is 6.33 Å². The van der Waals surface area contributed by atoms with Crippen LogP contribution in [0.2, 0.25) is 0 Å². The van der Waals surface area contributed by atoms with E-state index in [1.165, 1.54) is 11.1 Å². The molecule has 1 aliphatic carbocycles. The second kappa shape index (κ2) is 2.68. The molecule has 1 fully saturated rings. The van der Waals surface area contributed by atoms with Crippen LogP contribution in [-0.4, -0.2) is 26.4 Å². The second-order valence-corrected chi connectivity index (χ2v) is 3.12. The molecular formula is C6H7F3N4. The Morgan fingerprint density at radius 2 is 2.00 bits per heavy atom. The SMILES string of the molecule is FC(F)(F)C1CC(n2ncnn2)C1. The minimum atomic E-state index is -4.07. The van der Waals surface area contributed by atoms with Crippen LogP contribution >= 0.6 is 0 Å². The van der Waals surface area contributed by atoms with Crippen LogP contribution in [0.25, 0.3) is 0 Å². The van der Waals surface area contributed by atoms with E-state index in [0.29, 0.717) is 0 Å². The van der Waals surface area contributed by atoms with Crippen molar-refractivity contribution in [2.24, 2.45) is 5.92 Å². The van der Waals surface area contributed by atoms with Gasteiger partial charge in [0.25, 0.3) is 0 Å². The molecule has 0 unspecified atom stereocenters. The summed E-state index contributed by atoms with van der Waals surface area (Å²) in [6, 6.07) is -0.228. The zero-order valence-electron chi connectivity index (χ0n) is 6.57. The van der Waals surface area contributed by atoms with Crippen molar-refractivity contribution >= 4 is 0 Å². The van der Waals surface area contributed by atoms with E-state index in [1.807, 2.05) is 0 Å². The van der Waals surface area contributed by atoms with Crippen molar-refractivity contribution in [3.8, 4) is 0 Å². The minimum absolute atomic E-state index is 0.0693. The molecule has 0 amide bonds. The minimum Gasteiger partial charge on any atom is -0.171 e. The van der Waals surface area contributed by atoms with Crippen LogP contribution in [0, 0.1) is 5.92 Å². The van der Waals surface area contributed by atoms with Crippen molar-refractivity contribution in [1.29, 1.82) is 0 Å². The molecule has 1 aliphatic rings. The van der Waals surface area contributed by atoms with E-state index in [9.17, 15) is 13.2 Å². The topological polar surface area (TPSA) is 43.6 Å². The first-order valence-corrected chi connectivity index (χ1v) is 3.86. The molecule has 2 rings (SSSR count). The molecule has 0 N–H and O–H groups in total. The number of halogens is 3. The molecule has 0 saturated heterocycles. The van der Waals surface area contributed by atoms with E-state index >= 15 is 0 Å². The zero-order chi connectivity index (χ0) is 9.47. The van der Waals surface area contributed by atoms with Gasteiger partial charge in [-0.2, -0.15) is 18.0 Å². The van der Waals surface area contributed by atoms with Gasteiger partial charge in [0.2, 0.25) is 0 Å². The molecule has 7 heteroatoms. The lowest BCUT2D eigenvalue weighted by Gasteiger charge is -2.34. The lowest BCUT2D eigenvalue weighted by atomic mass is 9.80. The highest BCUT2D eigenvalue weighted by Gasteiger charge is 2.49. The molecule has 1 saturated carbocycles. The highest BCUT2D eigenvalue weighted by molar-refractivity contribution is 4.85. The number of rotatable bonds is 1. The van der Waals surface area contributed by atoms with Crippen LogP contribution in [0.15, 0.2) is 6.33 Å². The summed E-state index contributed by atoms with van der Waals surface area (Å²) in [5, 5.41) is 10.7. The highest BCUT2D eigenvalue weighted by atomic mass is 19.4. The van der Waals surface area contributed by atoms with Gasteiger partial charge in [-0.3, -0.25) is 0 Å². The molecule has 1 aromatic rings. The Balaban J connectivity index is 1.93. The number of aromatic nitrogens is 4. The van der Waals surface area contributed by atoms with Gasteiger partial charge in [0.15, 0.2) is 6.33 Å². The van der Waals surface area contributed by atoms with Crippen LogP contribution in [-0.2, 0) is 0 Å². The van der Waals surface area contributed by atoms with E-state index in [2.05, 4.69) is 15.4 Å². The Kier molecular flexibility index (Phi) is 1.74. The summed E-state index contributed by atoms with van der Waals surface area (Å²) < 4.78 is 36.2. The average molecular weight is 192 g/mol. The standard InChI is InChI=1S/C6H7F3N4/c7-6(8,9)4-1-5(2-4)13-11-3-10-12-13/h3-5H,1-2H2. The summed E-state index contributed by atoms with van der Waals surface area (Å²) in [4.78, 5) is 1.24. The fourth-order valence-corrected chi connectivity index (χ4v) is 1.39. The third-order valence-corrected chi connectivity index (χ3v) is 2.27. The van der Waals surface area contributed by atoms with Gasteiger partial charge in [-0.05, 0) is 18.1 Å². The average Bonchev–Trinajstić information content (AvgIpc) is 2.31. The number of hydrogen-bond acceptors (Lipinski definition) is 3. The van der Waals surface area contributed by atoms with Crippen LogP contribution < -0.4 is 0 Å². The molecule has 1 heterocycles. The van der Waals surface area contributed by atoms with E-state index in [1.54, 1.807) is 0 Å². The number of nitrogens with zero attached hydrogens (tertiary/aromatic N) is 4. The van der Waals surface area contributed by atoms with Gasteiger partial charge < -0.3 is 0 Å². The monoisotopic (exact) mass is 192 g/mol. The summed E-state index contributed by atoms with van der Waals surface area (Å²) in [5.41, 5.74) is 0. The first-order valence-electron chi connectivity index (χ1n) is 3.86. The van der Waals surface area contributed by atoms with Gasteiger partial charge in [0.1, 0.15) is 0 Å². The number of tetrazole rings is 1. The van der Waals surface area contributed by atoms with Crippen molar-refractivity contribution < 1.29 is 13.2 Å². The fourth-order valence-electron chi connectivity index (χ4n) is 1.39. The predicted octanol–water partition coefficient (Wildman–Crippen LogP) is 1.19. The first kappa shape index (κ1) is 8.46. The molecule has 0 atom stereocenters. The van der Waals surface area contributed by atoms with Gasteiger partial charge in [-0.15, -0.1) is 10.2 Å². The van der Waals surface area contributed by atoms with E-state index < -0.39 is 12.1 Å². The molecule has 0 aliphatic heterocycles. The first-order chi connectivity index (χ1) is 6.07. The summed E-state index contributed by atoms with van der Waals surface area (Å²) in [7, 11) is 0. The van der Waals surface area contributed by atoms with Crippen LogP contribution in [0.1, 0.15) is 18.9 Å². The molecular weight excluding hydrogens is 185 g/mol. The fraction of sp³-hybridized carbons (Fsp3) is 0.833. The Labute approximate surface area is 71.7 Å². The summed E-state index contributed by atoms with van der Waals surface area (Å²) >= 11 is 0. The maximum atomic E-state index is 12.1. The maximum absolute atomic E-state index is 12.1. The van der Waals surface area contributed by atoms with Gasteiger partial charge in [0, 0.05) is 0 Å². The highest BCUT2D eigenvalue weighted by Crippen LogP contribution is 2.46. The zero-order valence-corrected chi connectivity index (χ0v) is 6.57. The molecule has 0 radical (unpaired) electrons. The molecule has 1 aromatic heterocycles. The van der Waals surface area contributed by atoms with Crippen molar-refractivity contribution in [3.63, 3.8) is 0 Å². The van der Waals surface area contributed by atoms with Crippen LogP contribution in [0.4, 0.5) is 13.2 Å². The third-order valence-electron chi connectivity index (χ3n) is 2.27. The summed E-state index contributed by atoms with van der Waals surface area (Å²) in [6.45, 7) is 0. The normalized spacial score (nSPS) is 28.5. The van der Waals surface area contributed by atoms with E-state index in [0.717, 1.165) is 0 Å². The van der Waals surface area contributed by atoms with Gasteiger partial charge in [-0.1, -0.05) is 0 Å². The lowest BCUT2D eigenvalue weighted by Crippen LogP contribution is -2.37. The van der Waals surface area contributed by atoms with E-state index in [-0.39, 0.29) is 18.9 Å². The Hall–Kier alpha value is -1.14. The third kappa shape index (κ3) is 1.50. The van der Waals surface area contributed by atoms with E-state index in [4.69, 9.17) is 0 Å². The van der Waals surface area contributed by atoms with Crippen molar-refractivity contribution in [2.75, 3.05) is 0 Å². The van der Waals surface area contributed by atoms with Gasteiger partial charge in [0.05, 0.1) is 12.0 Å². The molecule has 4 nitrogen and oxygen atoms in total. The van der Waals surface area contributed by atoms with Crippen molar-refractivity contribution in [2.45, 2.75) is 25.1 Å². The quantitative estimate of drug-likeness (QED) is 0.671. The molecule has 72 valence electrons. The van der Waals surface area contributed by atoms with Gasteiger partial charge in [-0.25, -0.2) is 0 Å². The maximum Gasteiger partial charge on any atom is 0.391 e. The Morgan fingerprint density at radius 3 is 2.46 bits per heavy atom. The van der Waals surface area contributed by atoms with Gasteiger partial charge >= 0.3 is 6.18 Å². The molecule has 0 spiro atoms. The number of alkyl halides is 3. The van der Waals surface area contributed by atoms with Crippen molar-refractivity contribution in [1.82, 2.24) is 20.2 Å². The predicted molar refractivity (Wildman–Crippen MR) is 35.6 cm³/mol. The Morgan fingerprint density at radius 1 is 1.31 bits per heavy atom. The summed E-state index contributed by atoms with van der Waals surface area (Å²) in [6.07, 6.45) is -2.71. The second-order valence-electron chi connectivity index (χ2n) is 3.12. The smallest absolute Gasteiger partial charge is 0.171 e.